The molecular weight excluding hydrogens is 364 g/mol. The highest BCUT2D eigenvalue weighted by atomic mass is 35.5. The molecule has 26 heavy (non-hydrogen) atoms. The number of aliphatic hydroxyl groups is 1. The molecule has 1 aromatic heterocycles. The predicted molar refractivity (Wildman–Crippen MR) is 97.0 cm³/mol. The van der Waals surface area contributed by atoms with Crippen LogP contribution in [0.4, 0.5) is 8.78 Å². The number of alkyl halides is 2. The molecule has 5 nitrogen and oxygen atoms in total. The summed E-state index contributed by atoms with van der Waals surface area (Å²) in [5, 5.41) is 8.98. The lowest BCUT2D eigenvalue weighted by Crippen LogP contribution is -2.27. The van der Waals surface area contributed by atoms with Crippen LogP contribution < -0.4 is 0 Å². The van der Waals surface area contributed by atoms with Gasteiger partial charge < -0.3 is 10.0 Å². The number of pyridine rings is 1. The number of aromatic nitrogens is 1. The fourth-order valence-electron chi connectivity index (χ4n) is 2.66. The van der Waals surface area contributed by atoms with E-state index in [9.17, 15) is 13.6 Å². The van der Waals surface area contributed by atoms with Crippen molar-refractivity contribution in [2.75, 3.05) is 13.1 Å². The van der Waals surface area contributed by atoms with Gasteiger partial charge in [-0.3, -0.25) is 14.8 Å². The molecule has 0 aliphatic carbocycles. The van der Waals surface area contributed by atoms with Crippen molar-refractivity contribution in [2.24, 2.45) is 4.99 Å². The SMILES string of the molecule is CCc1nccc2c1CN(CC(/C=N\CC(C)(F)F)=C/C(Cl)=C/O)C2=O. The second-order valence-electron chi connectivity index (χ2n) is 6.07. The van der Waals surface area contributed by atoms with Crippen LogP contribution in [0.15, 0.2) is 40.2 Å². The smallest absolute Gasteiger partial charge is 0.264 e. The number of aliphatic imine (C=N–C) groups is 1. The highest BCUT2D eigenvalue weighted by molar-refractivity contribution is 6.31. The van der Waals surface area contributed by atoms with Gasteiger partial charge in [0.15, 0.2) is 0 Å². The summed E-state index contributed by atoms with van der Waals surface area (Å²) in [5.41, 5.74) is 2.75. The topological polar surface area (TPSA) is 65.8 Å². The van der Waals surface area contributed by atoms with E-state index in [1.807, 2.05) is 6.92 Å². The van der Waals surface area contributed by atoms with Crippen LogP contribution in [-0.4, -0.2) is 46.1 Å². The van der Waals surface area contributed by atoms with E-state index in [1.54, 1.807) is 17.2 Å². The van der Waals surface area contributed by atoms with Crippen LogP contribution in [0.25, 0.3) is 0 Å². The second kappa shape index (κ2) is 8.40. The summed E-state index contributed by atoms with van der Waals surface area (Å²) in [5.74, 6) is -3.10. The quantitative estimate of drug-likeness (QED) is 0.441. The largest absolute Gasteiger partial charge is 0.514 e. The van der Waals surface area contributed by atoms with Crippen molar-refractivity contribution in [1.82, 2.24) is 9.88 Å². The number of halogens is 3. The molecule has 1 aliphatic rings. The average Bonchev–Trinajstić information content (AvgIpc) is 2.89. The molecule has 2 heterocycles. The zero-order chi connectivity index (χ0) is 19.3. The Morgan fingerprint density at radius 2 is 2.27 bits per heavy atom. The van der Waals surface area contributed by atoms with Gasteiger partial charge in [-0.05, 0) is 24.1 Å². The van der Waals surface area contributed by atoms with Crippen LogP contribution in [0.3, 0.4) is 0 Å². The molecular formula is C18H20ClF2N3O2. The normalized spacial score (nSPS) is 15.9. The van der Waals surface area contributed by atoms with Crippen molar-refractivity contribution in [1.29, 1.82) is 0 Å². The van der Waals surface area contributed by atoms with Crippen LogP contribution in [0.5, 0.6) is 0 Å². The lowest BCUT2D eigenvalue weighted by atomic mass is 10.1. The number of aliphatic hydroxyl groups excluding tert-OH is 1. The Labute approximate surface area is 155 Å². The van der Waals surface area contributed by atoms with Crippen molar-refractivity contribution in [3.05, 3.63) is 52.0 Å². The maximum absolute atomic E-state index is 12.9. The third-order valence-corrected chi connectivity index (χ3v) is 4.00. The summed E-state index contributed by atoms with van der Waals surface area (Å²) in [6, 6.07) is 1.67. The Hall–Kier alpha value is -2.28. The second-order valence-corrected chi connectivity index (χ2v) is 6.51. The van der Waals surface area contributed by atoms with Crippen LogP contribution >= 0.6 is 11.6 Å². The standard InChI is InChI=1S/C18H20ClF2N3O2/c1-3-16-15-9-24(17(26)14(15)4-5-23-16)8-12(6-13(19)10-25)7-22-11-18(2,20)21/h4-7,10,25H,3,8-9,11H2,1-2H3/b12-6+,13-10-,22-7-. The summed E-state index contributed by atoms with van der Waals surface area (Å²) in [4.78, 5) is 22.2. The number of hydrogen-bond donors (Lipinski definition) is 1. The number of aryl methyl sites for hydroxylation is 1. The molecule has 0 atom stereocenters. The van der Waals surface area contributed by atoms with Gasteiger partial charge in [-0.25, -0.2) is 8.78 Å². The lowest BCUT2D eigenvalue weighted by Gasteiger charge is -2.16. The molecule has 0 spiro atoms. The van der Waals surface area contributed by atoms with E-state index in [0.29, 0.717) is 30.4 Å². The summed E-state index contributed by atoms with van der Waals surface area (Å²) < 4.78 is 25.9. The highest BCUT2D eigenvalue weighted by Crippen LogP contribution is 2.26. The number of rotatable bonds is 7. The average molecular weight is 384 g/mol. The maximum atomic E-state index is 12.9. The Balaban J connectivity index is 2.21. The molecule has 0 unspecified atom stereocenters. The first kappa shape index (κ1) is 20.0. The van der Waals surface area contributed by atoms with Crippen molar-refractivity contribution in [3.8, 4) is 0 Å². The zero-order valence-electron chi connectivity index (χ0n) is 14.5. The van der Waals surface area contributed by atoms with Crippen molar-refractivity contribution in [3.63, 3.8) is 0 Å². The Morgan fingerprint density at radius 1 is 1.54 bits per heavy atom. The number of nitrogens with zero attached hydrogens (tertiary/aromatic N) is 3. The molecule has 1 aliphatic heterocycles. The van der Waals surface area contributed by atoms with Gasteiger partial charge in [-0.15, -0.1) is 0 Å². The van der Waals surface area contributed by atoms with E-state index in [1.165, 1.54) is 12.3 Å². The van der Waals surface area contributed by atoms with Crippen molar-refractivity contribution >= 4 is 23.7 Å². The van der Waals surface area contributed by atoms with Crippen LogP contribution in [0, 0.1) is 0 Å². The van der Waals surface area contributed by atoms with Crippen LogP contribution in [-0.2, 0) is 13.0 Å². The van der Waals surface area contributed by atoms with E-state index in [0.717, 1.165) is 18.2 Å². The summed E-state index contributed by atoms with van der Waals surface area (Å²) in [6.45, 7) is 2.56. The van der Waals surface area contributed by atoms with Crippen molar-refractivity contribution < 1.29 is 18.7 Å². The fraction of sp³-hybridized carbons (Fsp3) is 0.389. The van der Waals surface area contributed by atoms with Gasteiger partial charge in [-0.2, -0.15) is 0 Å². The molecule has 2 rings (SSSR count). The third kappa shape index (κ3) is 5.11. The first-order valence-corrected chi connectivity index (χ1v) is 8.47. The van der Waals surface area contributed by atoms with Gasteiger partial charge in [0.1, 0.15) is 6.54 Å². The van der Waals surface area contributed by atoms with Gasteiger partial charge >= 0.3 is 0 Å². The van der Waals surface area contributed by atoms with Gasteiger partial charge in [-0.1, -0.05) is 18.5 Å². The molecule has 0 saturated heterocycles. The van der Waals surface area contributed by atoms with E-state index < -0.39 is 12.5 Å². The van der Waals surface area contributed by atoms with Gasteiger partial charge in [0, 0.05) is 49.2 Å². The molecule has 0 radical (unpaired) electrons. The molecule has 1 amide bonds. The molecule has 140 valence electrons. The highest BCUT2D eigenvalue weighted by Gasteiger charge is 2.29. The molecule has 1 aromatic rings. The summed E-state index contributed by atoms with van der Waals surface area (Å²) in [7, 11) is 0. The Kier molecular flexibility index (Phi) is 6.47. The first-order chi connectivity index (χ1) is 12.2. The number of carbonyl (C=O) groups excluding carboxylic acids is 1. The number of amides is 1. The minimum Gasteiger partial charge on any atom is -0.514 e. The zero-order valence-corrected chi connectivity index (χ0v) is 15.3. The summed E-state index contributed by atoms with van der Waals surface area (Å²) in [6.07, 6.45) is 5.63. The Morgan fingerprint density at radius 3 is 2.88 bits per heavy atom. The molecule has 0 fully saturated rings. The number of carbonyl (C=O) groups is 1. The first-order valence-electron chi connectivity index (χ1n) is 8.09. The molecule has 8 heteroatoms. The van der Waals surface area contributed by atoms with Crippen LogP contribution in [0.1, 0.15) is 35.5 Å². The number of hydrogen-bond acceptors (Lipinski definition) is 4. The van der Waals surface area contributed by atoms with Gasteiger partial charge in [0.25, 0.3) is 11.8 Å². The summed E-state index contributed by atoms with van der Waals surface area (Å²) >= 11 is 5.80. The van der Waals surface area contributed by atoms with E-state index in [4.69, 9.17) is 16.7 Å². The van der Waals surface area contributed by atoms with Gasteiger partial charge in [0.05, 0.1) is 11.3 Å². The molecule has 0 saturated carbocycles. The number of allylic oxidation sites excluding steroid dienone is 2. The van der Waals surface area contributed by atoms with E-state index in [2.05, 4.69) is 9.98 Å². The number of fused-ring (bicyclic) bond motifs is 1. The van der Waals surface area contributed by atoms with Gasteiger partial charge in [0.2, 0.25) is 0 Å². The van der Waals surface area contributed by atoms with E-state index >= 15 is 0 Å². The molecule has 1 N–H and O–H groups in total. The molecule has 0 bridgehead atoms. The molecule has 0 aromatic carbocycles. The van der Waals surface area contributed by atoms with Crippen LogP contribution in [0.2, 0.25) is 0 Å². The maximum Gasteiger partial charge on any atom is 0.264 e. The minimum absolute atomic E-state index is 0.00906. The monoisotopic (exact) mass is 383 g/mol. The minimum atomic E-state index is -2.93. The van der Waals surface area contributed by atoms with E-state index in [-0.39, 0.29) is 17.5 Å². The third-order valence-electron chi connectivity index (χ3n) is 3.79. The lowest BCUT2D eigenvalue weighted by molar-refractivity contribution is 0.0328. The van der Waals surface area contributed by atoms with Crippen molar-refractivity contribution in [2.45, 2.75) is 32.7 Å². The fourth-order valence-corrected chi connectivity index (χ4v) is 2.80. The predicted octanol–water partition coefficient (Wildman–Crippen LogP) is 3.89. The Bertz CT molecular complexity index is 770.